The number of nitrogens with zero attached hydrogens (tertiary/aromatic N) is 1. The Kier molecular flexibility index (Phi) is 6.10. The molecule has 0 radical (unpaired) electrons. The SMILES string of the molecule is FC(F)(F)Oc1ccc(N2CCC(NC3CCCCCC3)CC2)cc1. The lowest BCUT2D eigenvalue weighted by Gasteiger charge is -2.36. The fourth-order valence-corrected chi connectivity index (χ4v) is 3.94. The van der Waals surface area contributed by atoms with Gasteiger partial charge in [0.05, 0.1) is 0 Å². The summed E-state index contributed by atoms with van der Waals surface area (Å²) in [6, 6.07) is 7.42. The van der Waals surface area contributed by atoms with E-state index in [0.29, 0.717) is 12.1 Å². The van der Waals surface area contributed by atoms with Gasteiger partial charge in [-0.15, -0.1) is 13.2 Å². The van der Waals surface area contributed by atoms with Gasteiger partial charge < -0.3 is 15.0 Å². The molecule has 2 fully saturated rings. The zero-order valence-electron chi connectivity index (χ0n) is 14.5. The molecule has 2 aliphatic rings. The number of nitrogens with one attached hydrogen (secondary N) is 1. The Bertz CT molecular complexity index is 516. The summed E-state index contributed by atoms with van der Waals surface area (Å²) in [5.41, 5.74) is 0.961. The summed E-state index contributed by atoms with van der Waals surface area (Å²) in [5, 5.41) is 3.83. The summed E-state index contributed by atoms with van der Waals surface area (Å²) >= 11 is 0. The molecule has 0 atom stereocenters. The van der Waals surface area contributed by atoms with Crippen LogP contribution in [0.2, 0.25) is 0 Å². The van der Waals surface area contributed by atoms with Crippen LogP contribution >= 0.6 is 0 Å². The average Bonchev–Trinajstić information content (AvgIpc) is 2.84. The first-order valence-corrected chi connectivity index (χ1v) is 9.36. The minimum Gasteiger partial charge on any atom is -0.406 e. The second kappa shape index (κ2) is 8.30. The third-order valence-electron chi connectivity index (χ3n) is 5.26. The molecule has 140 valence electrons. The Morgan fingerprint density at radius 2 is 1.40 bits per heavy atom. The first-order valence-electron chi connectivity index (χ1n) is 9.36. The van der Waals surface area contributed by atoms with Crippen molar-refractivity contribution in [3.8, 4) is 5.75 Å². The van der Waals surface area contributed by atoms with Crippen LogP contribution in [0.5, 0.6) is 5.75 Å². The Morgan fingerprint density at radius 3 is 1.96 bits per heavy atom. The van der Waals surface area contributed by atoms with Gasteiger partial charge in [0.25, 0.3) is 0 Å². The maximum atomic E-state index is 12.2. The molecule has 1 saturated carbocycles. The lowest BCUT2D eigenvalue weighted by Crippen LogP contribution is -2.46. The van der Waals surface area contributed by atoms with E-state index in [4.69, 9.17) is 0 Å². The highest BCUT2D eigenvalue weighted by molar-refractivity contribution is 5.49. The number of benzene rings is 1. The lowest BCUT2D eigenvalue weighted by molar-refractivity contribution is -0.274. The fraction of sp³-hybridized carbons (Fsp3) is 0.684. The Labute approximate surface area is 147 Å². The largest absolute Gasteiger partial charge is 0.573 e. The van der Waals surface area contributed by atoms with E-state index in [9.17, 15) is 13.2 Å². The predicted molar refractivity (Wildman–Crippen MR) is 93.0 cm³/mol. The van der Waals surface area contributed by atoms with Crippen LogP contribution in [0.3, 0.4) is 0 Å². The molecule has 1 aromatic rings. The molecule has 1 aliphatic heterocycles. The van der Waals surface area contributed by atoms with Crippen molar-refractivity contribution in [2.24, 2.45) is 0 Å². The Balaban J connectivity index is 1.47. The molecule has 0 spiro atoms. The Morgan fingerprint density at radius 1 is 0.840 bits per heavy atom. The summed E-state index contributed by atoms with van der Waals surface area (Å²) in [7, 11) is 0. The first-order chi connectivity index (χ1) is 12.0. The van der Waals surface area contributed by atoms with Gasteiger partial charge in [-0.25, -0.2) is 0 Å². The van der Waals surface area contributed by atoms with E-state index in [2.05, 4.69) is 15.0 Å². The van der Waals surface area contributed by atoms with Crippen LogP contribution in [0.15, 0.2) is 24.3 Å². The normalized spacial score (nSPS) is 21.2. The molecule has 1 aliphatic carbocycles. The number of ether oxygens (including phenoxy) is 1. The van der Waals surface area contributed by atoms with Gasteiger partial charge in [0.2, 0.25) is 0 Å². The van der Waals surface area contributed by atoms with Gasteiger partial charge in [0.1, 0.15) is 5.75 Å². The van der Waals surface area contributed by atoms with Crippen molar-refractivity contribution < 1.29 is 17.9 Å². The van der Waals surface area contributed by atoms with Gasteiger partial charge in [0.15, 0.2) is 0 Å². The van der Waals surface area contributed by atoms with Crippen LogP contribution in [0.25, 0.3) is 0 Å². The minimum absolute atomic E-state index is 0.166. The number of rotatable bonds is 4. The van der Waals surface area contributed by atoms with Gasteiger partial charge in [-0.2, -0.15) is 0 Å². The summed E-state index contributed by atoms with van der Waals surface area (Å²) in [5.74, 6) is -0.166. The molecule has 0 bridgehead atoms. The second-order valence-electron chi connectivity index (χ2n) is 7.16. The lowest BCUT2D eigenvalue weighted by atomic mass is 10.0. The summed E-state index contributed by atoms with van der Waals surface area (Å²) in [4.78, 5) is 2.24. The zero-order chi connectivity index (χ0) is 17.7. The van der Waals surface area contributed by atoms with Crippen LogP contribution in [0, 0.1) is 0 Å². The molecular weight excluding hydrogens is 329 g/mol. The zero-order valence-corrected chi connectivity index (χ0v) is 14.5. The van der Waals surface area contributed by atoms with Crippen molar-refractivity contribution in [1.82, 2.24) is 5.32 Å². The summed E-state index contributed by atoms with van der Waals surface area (Å²) < 4.78 is 40.6. The van der Waals surface area contributed by atoms with Gasteiger partial charge >= 0.3 is 6.36 Å². The van der Waals surface area contributed by atoms with E-state index >= 15 is 0 Å². The number of piperidine rings is 1. The van der Waals surface area contributed by atoms with E-state index in [-0.39, 0.29) is 5.75 Å². The number of halogens is 3. The molecule has 1 aromatic carbocycles. The maximum Gasteiger partial charge on any atom is 0.573 e. The quantitative estimate of drug-likeness (QED) is 0.779. The highest BCUT2D eigenvalue weighted by Crippen LogP contribution is 2.27. The van der Waals surface area contributed by atoms with Crippen LogP contribution in [-0.4, -0.2) is 31.5 Å². The Hall–Kier alpha value is -1.43. The number of anilines is 1. The van der Waals surface area contributed by atoms with Gasteiger partial charge in [-0.1, -0.05) is 25.7 Å². The molecule has 6 heteroatoms. The summed E-state index contributed by atoms with van der Waals surface area (Å²) in [6.07, 6.45) is 5.51. The number of hydrogen-bond donors (Lipinski definition) is 1. The molecule has 1 saturated heterocycles. The van der Waals surface area contributed by atoms with Crippen LogP contribution in [-0.2, 0) is 0 Å². The smallest absolute Gasteiger partial charge is 0.406 e. The van der Waals surface area contributed by atoms with Crippen molar-refractivity contribution in [3.05, 3.63) is 24.3 Å². The molecule has 1 N–H and O–H groups in total. The van der Waals surface area contributed by atoms with Crippen molar-refractivity contribution in [2.45, 2.75) is 69.8 Å². The van der Waals surface area contributed by atoms with E-state index in [1.165, 1.54) is 50.7 Å². The predicted octanol–water partition coefficient (Wildman–Crippen LogP) is 4.87. The average molecular weight is 356 g/mol. The topological polar surface area (TPSA) is 24.5 Å². The third-order valence-corrected chi connectivity index (χ3v) is 5.26. The monoisotopic (exact) mass is 356 g/mol. The molecule has 25 heavy (non-hydrogen) atoms. The molecule has 3 rings (SSSR count). The molecule has 3 nitrogen and oxygen atoms in total. The molecule has 0 amide bonds. The van der Waals surface area contributed by atoms with E-state index < -0.39 is 6.36 Å². The summed E-state index contributed by atoms with van der Waals surface area (Å²) in [6.45, 7) is 1.87. The number of alkyl halides is 3. The van der Waals surface area contributed by atoms with Crippen molar-refractivity contribution in [2.75, 3.05) is 18.0 Å². The molecule has 0 unspecified atom stereocenters. The molecular formula is C19H27F3N2O. The molecule has 0 aromatic heterocycles. The highest BCUT2D eigenvalue weighted by Gasteiger charge is 2.31. The van der Waals surface area contributed by atoms with Gasteiger partial charge in [-0.3, -0.25) is 0 Å². The van der Waals surface area contributed by atoms with Crippen molar-refractivity contribution >= 4 is 5.69 Å². The first kappa shape index (κ1) is 18.4. The second-order valence-corrected chi connectivity index (χ2v) is 7.16. The van der Waals surface area contributed by atoms with Crippen LogP contribution < -0.4 is 15.0 Å². The van der Waals surface area contributed by atoms with E-state index in [1.807, 2.05) is 0 Å². The van der Waals surface area contributed by atoms with Crippen molar-refractivity contribution in [3.63, 3.8) is 0 Å². The highest BCUT2D eigenvalue weighted by atomic mass is 19.4. The van der Waals surface area contributed by atoms with Gasteiger partial charge in [0, 0.05) is 30.9 Å². The number of hydrogen-bond acceptors (Lipinski definition) is 3. The molecule has 1 heterocycles. The van der Waals surface area contributed by atoms with E-state index in [1.54, 1.807) is 12.1 Å². The van der Waals surface area contributed by atoms with E-state index in [0.717, 1.165) is 31.6 Å². The third kappa shape index (κ3) is 5.80. The fourth-order valence-electron chi connectivity index (χ4n) is 3.94. The van der Waals surface area contributed by atoms with Gasteiger partial charge in [-0.05, 0) is 49.9 Å². The maximum absolute atomic E-state index is 12.2. The minimum atomic E-state index is -4.64. The van der Waals surface area contributed by atoms with Crippen LogP contribution in [0.1, 0.15) is 51.4 Å². The standard InChI is InChI=1S/C19H27F3N2O/c20-19(21,22)25-18-9-7-17(8-10-18)24-13-11-16(12-14-24)23-15-5-3-1-2-4-6-15/h7-10,15-16,23H,1-6,11-14H2. The van der Waals surface area contributed by atoms with Crippen LogP contribution in [0.4, 0.5) is 18.9 Å². The van der Waals surface area contributed by atoms with Crippen molar-refractivity contribution in [1.29, 1.82) is 0 Å².